The highest BCUT2D eigenvalue weighted by Crippen LogP contribution is 2.27. The van der Waals surface area contributed by atoms with Crippen molar-refractivity contribution in [3.8, 4) is 11.4 Å². The van der Waals surface area contributed by atoms with Gasteiger partial charge in [0.2, 0.25) is 5.95 Å². The van der Waals surface area contributed by atoms with E-state index < -0.39 is 46.1 Å². The van der Waals surface area contributed by atoms with Crippen LogP contribution in [0.3, 0.4) is 0 Å². The number of nitrogens with one attached hydrogen (secondary N) is 1. The van der Waals surface area contributed by atoms with Crippen molar-refractivity contribution >= 4 is 33.1 Å². The quantitative estimate of drug-likeness (QED) is 0.522. The Kier molecular flexibility index (Phi) is 5.96. The second-order valence-electron chi connectivity index (χ2n) is 7.01. The van der Waals surface area contributed by atoms with E-state index in [-0.39, 0.29) is 40.8 Å². The molecule has 9 nitrogen and oxygen atoms in total. The smallest absolute Gasteiger partial charge is 0.350 e. The van der Waals surface area contributed by atoms with Crippen LogP contribution in [0.5, 0.6) is 0 Å². The first-order chi connectivity index (χ1) is 15.1. The summed E-state index contributed by atoms with van der Waals surface area (Å²) in [6.07, 6.45) is 0.960. The summed E-state index contributed by atoms with van der Waals surface area (Å²) in [4.78, 5) is 7.83. The van der Waals surface area contributed by atoms with Crippen LogP contribution >= 0.6 is 11.6 Å². The molecule has 1 aliphatic heterocycles. The van der Waals surface area contributed by atoms with Gasteiger partial charge in [-0.2, -0.15) is 13.1 Å². The topological polar surface area (TPSA) is 113 Å². The summed E-state index contributed by atoms with van der Waals surface area (Å²) >= 11 is 5.71. The predicted molar refractivity (Wildman–Crippen MR) is 106 cm³/mol. The standard InChI is InChI=1S/C17H15ClF4N6O3S/c18-8-3-10(20)15(23-5-8)12-4-9(19)13-6-24-17(26-28(12)13)25-11-1-2-27(7-14(11)29)32(30,31)16(21)22/h3-6,11,14,16,29H,1-2,7H2,(H,25,26)/t11-,14-/m1/s1. The molecule has 0 aliphatic carbocycles. The molecule has 0 saturated carbocycles. The zero-order valence-electron chi connectivity index (χ0n) is 16.0. The number of aromatic nitrogens is 4. The number of anilines is 1. The lowest BCUT2D eigenvalue weighted by atomic mass is 10.0. The Labute approximate surface area is 183 Å². The Bertz CT molecular complexity index is 1270. The maximum atomic E-state index is 14.3. The number of piperidine rings is 1. The molecule has 15 heteroatoms. The number of sulfonamides is 1. The van der Waals surface area contributed by atoms with Crippen LogP contribution in [-0.2, 0) is 10.0 Å². The second-order valence-corrected chi connectivity index (χ2v) is 9.35. The van der Waals surface area contributed by atoms with Gasteiger partial charge < -0.3 is 10.4 Å². The van der Waals surface area contributed by atoms with E-state index in [2.05, 4.69) is 20.4 Å². The van der Waals surface area contributed by atoms with Gasteiger partial charge in [-0.3, -0.25) is 0 Å². The van der Waals surface area contributed by atoms with E-state index in [0.29, 0.717) is 4.31 Å². The molecule has 4 heterocycles. The highest BCUT2D eigenvalue weighted by Gasteiger charge is 2.38. The lowest BCUT2D eigenvalue weighted by molar-refractivity contribution is 0.0904. The Morgan fingerprint density at radius 1 is 1.19 bits per heavy atom. The summed E-state index contributed by atoms with van der Waals surface area (Å²) in [7, 11) is -4.82. The summed E-state index contributed by atoms with van der Waals surface area (Å²) < 4.78 is 78.9. The van der Waals surface area contributed by atoms with Crippen LogP contribution in [-0.4, -0.2) is 68.4 Å². The van der Waals surface area contributed by atoms with E-state index >= 15 is 0 Å². The van der Waals surface area contributed by atoms with Crippen molar-refractivity contribution in [2.45, 2.75) is 24.3 Å². The molecular formula is C17H15ClF4N6O3S. The largest absolute Gasteiger partial charge is 0.390 e. The monoisotopic (exact) mass is 494 g/mol. The van der Waals surface area contributed by atoms with Gasteiger partial charge in [0, 0.05) is 25.4 Å². The first kappa shape index (κ1) is 22.6. The van der Waals surface area contributed by atoms with Gasteiger partial charge in [0.1, 0.15) is 11.2 Å². The highest BCUT2D eigenvalue weighted by atomic mass is 35.5. The minimum absolute atomic E-state index is 0.0180. The molecule has 4 rings (SSSR count). The van der Waals surface area contributed by atoms with Crippen LogP contribution in [0.2, 0.25) is 5.02 Å². The van der Waals surface area contributed by atoms with Crippen molar-refractivity contribution in [2.75, 3.05) is 18.4 Å². The number of rotatable bonds is 5. The number of pyridine rings is 1. The molecule has 3 aromatic heterocycles. The molecule has 32 heavy (non-hydrogen) atoms. The van der Waals surface area contributed by atoms with Gasteiger partial charge in [-0.25, -0.2) is 31.7 Å². The minimum atomic E-state index is -4.82. The number of fused-ring (bicyclic) bond motifs is 1. The molecule has 0 spiro atoms. The summed E-state index contributed by atoms with van der Waals surface area (Å²) in [6.45, 7) is -0.803. The van der Waals surface area contributed by atoms with Gasteiger partial charge in [-0.1, -0.05) is 11.6 Å². The number of alkyl halides is 2. The van der Waals surface area contributed by atoms with Crippen LogP contribution in [0.25, 0.3) is 16.9 Å². The van der Waals surface area contributed by atoms with Crippen molar-refractivity contribution in [3.05, 3.63) is 41.2 Å². The summed E-state index contributed by atoms with van der Waals surface area (Å²) in [5, 5.41) is 17.2. The van der Waals surface area contributed by atoms with Crippen LogP contribution < -0.4 is 5.32 Å². The van der Waals surface area contributed by atoms with E-state index in [9.17, 15) is 31.1 Å². The average Bonchev–Trinajstić information content (AvgIpc) is 3.05. The average molecular weight is 495 g/mol. The highest BCUT2D eigenvalue weighted by molar-refractivity contribution is 7.89. The second kappa shape index (κ2) is 8.42. The van der Waals surface area contributed by atoms with E-state index in [0.717, 1.165) is 22.8 Å². The fraction of sp³-hybridized carbons (Fsp3) is 0.353. The van der Waals surface area contributed by atoms with Gasteiger partial charge in [-0.05, 0) is 12.5 Å². The van der Waals surface area contributed by atoms with E-state index in [1.807, 2.05) is 0 Å². The molecule has 0 bridgehead atoms. The van der Waals surface area contributed by atoms with Gasteiger partial charge >= 0.3 is 5.76 Å². The maximum Gasteiger partial charge on any atom is 0.350 e. The third-order valence-corrected chi connectivity index (χ3v) is 6.67. The lowest BCUT2D eigenvalue weighted by Crippen LogP contribution is -2.52. The van der Waals surface area contributed by atoms with Gasteiger partial charge in [0.05, 0.1) is 29.1 Å². The molecular weight excluding hydrogens is 480 g/mol. The third kappa shape index (κ3) is 4.10. The summed E-state index contributed by atoms with van der Waals surface area (Å²) in [5.41, 5.74) is -0.292. The van der Waals surface area contributed by atoms with Gasteiger partial charge in [0.25, 0.3) is 10.0 Å². The zero-order valence-corrected chi connectivity index (χ0v) is 17.5. The van der Waals surface area contributed by atoms with Crippen molar-refractivity contribution in [2.24, 2.45) is 0 Å². The van der Waals surface area contributed by atoms with Crippen molar-refractivity contribution in [1.82, 2.24) is 23.9 Å². The molecule has 1 fully saturated rings. The molecule has 0 amide bonds. The molecule has 2 N–H and O–H groups in total. The molecule has 172 valence electrons. The number of aliphatic hydroxyl groups excluding tert-OH is 1. The molecule has 2 atom stereocenters. The Balaban J connectivity index is 1.60. The fourth-order valence-corrected chi connectivity index (χ4v) is 4.46. The number of β-amino-alcohol motifs (C(OH)–C–C–N with tert-alkyl or cyclic N) is 1. The number of hydrogen-bond donors (Lipinski definition) is 2. The normalized spacial score (nSPS) is 20.2. The Morgan fingerprint density at radius 2 is 1.94 bits per heavy atom. The van der Waals surface area contributed by atoms with E-state index in [1.54, 1.807) is 0 Å². The lowest BCUT2D eigenvalue weighted by Gasteiger charge is -2.35. The molecule has 0 unspecified atom stereocenters. The molecule has 1 saturated heterocycles. The van der Waals surface area contributed by atoms with Crippen molar-refractivity contribution < 1.29 is 31.1 Å². The van der Waals surface area contributed by atoms with E-state index in [4.69, 9.17) is 11.6 Å². The Morgan fingerprint density at radius 3 is 2.59 bits per heavy atom. The number of halogens is 5. The number of nitrogens with zero attached hydrogens (tertiary/aromatic N) is 5. The Hall–Kier alpha value is -2.55. The zero-order chi connectivity index (χ0) is 23.2. The fourth-order valence-electron chi connectivity index (χ4n) is 3.37. The first-order valence-electron chi connectivity index (χ1n) is 9.15. The number of hydrogen-bond acceptors (Lipinski definition) is 7. The maximum absolute atomic E-state index is 14.3. The van der Waals surface area contributed by atoms with Gasteiger partial charge in [-0.15, -0.1) is 5.10 Å². The van der Waals surface area contributed by atoms with E-state index in [1.165, 1.54) is 6.20 Å². The SMILES string of the molecule is O=S(=O)(C(F)F)N1CC[C@@H](Nc2ncc3c(F)cc(-c4ncc(Cl)cc4F)n3n2)[C@H](O)C1. The van der Waals surface area contributed by atoms with Gasteiger partial charge in [0.15, 0.2) is 11.6 Å². The summed E-state index contributed by atoms with van der Waals surface area (Å²) in [5.74, 6) is -5.20. The van der Waals surface area contributed by atoms with Crippen LogP contribution in [0.15, 0.2) is 24.5 Å². The van der Waals surface area contributed by atoms with Crippen LogP contribution in [0.1, 0.15) is 6.42 Å². The van der Waals surface area contributed by atoms with Crippen LogP contribution in [0.4, 0.5) is 23.5 Å². The van der Waals surface area contributed by atoms with Crippen LogP contribution in [0, 0.1) is 11.6 Å². The first-order valence-corrected chi connectivity index (χ1v) is 11.0. The minimum Gasteiger partial charge on any atom is -0.390 e. The number of aliphatic hydroxyl groups is 1. The summed E-state index contributed by atoms with van der Waals surface area (Å²) in [6, 6.07) is 1.26. The molecule has 0 aromatic carbocycles. The molecule has 3 aromatic rings. The predicted octanol–water partition coefficient (Wildman–Crippen LogP) is 2.12. The van der Waals surface area contributed by atoms with Crippen molar-refractivity contribution in [3.63, 3.8) is 0 Å². The molecule has 0 radical (unpaired) electrons. The van der Waals surface area contributed by atoms with Crippen molar-refractivity contribution in [1.29, 1.82) is 0 Å². The third-order valence-electron chi connectivity index (χ3n) is 4.96. The molecule has 1 aliphatic rings.